The number of allylic oxidation sites excluding steroid dienone is 2. The lowest BCUT2D eigenvalue weighted by Gasteiger charge is -2.30. The van der Waals surface area contributed by atoms with Gasteiger partial charge in [-0.3, -0.25) is 0 Å². The van der Waals surface area contributed by atoms with Crippen molar-refractivity contribution in [3.8, 4) is 44.9 Å². The molecule has 0 aliphatic carbocycles. The van der Waals surface area contributed by atoms with Crippen molar-refractivity contribution in [1.82, 2.24) is 0 Å². The van der Waals surface area contributed by atoms with Crippen LogP contribution in [0.2, 0.25) is 0 Å². The smallest absolute Gasteiger partial charge is 0.135 e. The van der Waals surface area contributed by atoms with Crippen molar-refractivity contribution in [3.63, 3.8) is 0 Å². The zero-order valence-corrected chi connectivity index (χ0v) is 28.6. The van der Waals surface area contributed by atoms with Crippen LogP contribution in [0.15, 0.2) is 200 Å². The van der Waals surface area contributed by atoms with E-state index in [0.29, 0.717) is 0 Å². The van der Waals surface area contributed by atoms with Gasteiger partial charge in [0, 0.05) is 27.8 Å². The molecule has 0 unspecified atom stereocenters. The van der Waals surface area contributed by atoms with E-state index in [1.807, 2.05) is 12.1 Å². The maximum Gasteiger partial charge on any atom is 0.135 e. The van der Waals surface area contributed by atoms with Gasteiger partial charge in [0.05, 0.1) is 11.4 Å². The highest BCUT2D eigenvalue weighted by atomic mass is 16.5. The van der Waals surface area contributed by atoms with Crippen LogP contribution >= 0.6 is 0 Å². The Morgan fingerprint density at radius 2 is 0.962 bits per heavy atom. The number of para-hydroxylation sites is 4. The first-order valence-electron chi connectivity index (χ1n) is 17.7. The van der Waals surface area contributed by atoms with Gasteiger partial charge in [-0.25, -0.2) is 0 Å². The van der Waals surface area contributed by atoms with Crippen LogP contribution in [0.1, 0.15) is 11.1 Å². The first-order chi connectivity index (χ1) is 25.8. The molecule has 0 aromatic heterocycles. The molecule has 2 nitrogen and oxygen atoms in total. The Morgan fingerprint density at radius 1 is 0.385 bits per heavy atom. The van der Waals surface area contributed by atoms with Gasteiger partial charge < -0.3 is 9.64 Å². The molecule has 1 aliphatic heterocycles. The SMILES string of the molecule is C(=C/c1cccc(-c2ccccc2N(c2ccccc2)c2ccccc2-c2cc3c4c(cccc4c2)Oc2ccccc2-3)c1)/C=C/c1ccccc1. The van der Waals surface area contributed by atoms with Crippen LogP contribution in [-0.2, 0) is 0 Å². The van der Waals surface area contributed by atoms with Crippen LogP contribution in [0, 0.1) is 0 Å². The topological polar surface area (TPSA) is 12.5 Å². The molecule has 1 aliphatic rings. The van der Waals surface area contributed by atoms with Gasteiger partial charge in [-0.2, -0.15) is 0 Å². The van der Waals surface area contributed by atoms with E-state index in [9.17, 15) is 0 Å². The normalized spacial score (nSPS) is 11.8. The molecule has 52 heavy (non-hydrogen) atoms. The van der Waals surface area contributed by atoms with Gasteiger partial charge in [0.1, 0.15) is 11.5 Å². The van der Waals surface area contributed by atoms with Crippen LogP contribution in [0.5, 0.6) is 11.5 Å². The van der Waals surface area contributed by atoms with Gasteiger partial charge in [-0.1, -0.05) is 158 Å². The number of hydrogen-bond donors (Lipinski definition) is 0. The number of ether oxygens (including phenoxy) is 1. The summed E-state index contributed by atoms with van der Waals surface area (Å²) in [6.07, 6.45) is 8.49. The second-order valence-electron chi connectivity index (χ2n) is 12.9. The molecule has 0 fully saturated rings. The highest BCUT2D eigenvalue weighted by Crippen LogP contribution is 2.50. The fourth-order valence-corrected chi connectivity index (χ4v) is 7.26. The molecule has 9 rings (SSSR count). The molecule has 8 aromatic carbocycles. The van der Waals surface area contributed by atoms with E-state index in [-0.39, 0.29) is 0 Å². The quantitative estimate of drug-likeness (QED) is 0.150. The second-order valence-corrected chi connectivity index (χ2v) is 12.9. The lowest BCUT2D eigenvalue weighted by molar-refractivity contribution is 0.487. The zero-order chi connectivity index (χ0) is 34.7. The molecule has 0 amide bonds. The third-order valence-electron chi connectivity index (χ3n) is 9.64. The summed E-state index contributed by atoms with van der Waals surface area (Å²) in [5.41, 5.74) is 12.5. The summed E-state index contributed by atoms with van der Waals surface area (Å²) in [7, 11) is 0. The van der Waals surface area contributed by atoms with Crippen LogP contribution in [0.25, 0.3) is 56.3 Å². The highest BCUT2D eigenvalue weighted by molar-refractivity contribution is 6.07. The lowest BCUT2D eigenvalue weighted by Crippen LogP contribution is -2.12. The average Bonchev–Trinajstić information content (AvgIpc) is 3.21. The van der Waals surface area contributed by atoms with Crippen molar-refractivity contribution < 1.29 is 4.74 Å². The van der Waals surface area contributed by atoms with E-state index in [0.717, 1.165) is 72.7 Å². The van der Waals surface area contributed by atoms with Crippen LogP contribution in [-0.4, -0.2) is 0 Å². The van der Waals surface area contributed by atoms with Crippen LogP contribution in [0.3, 0.4) is 0 Å². The van der Waals surface area contributed by atoms with Crippen molar-refractivity contribution in [2.45, 2.75) is 0 Å². The Bertz CT molecular complexity index is 2600. The maximum absolute atomic E-state index is 6.37. The standard InChI is InChI=1S/C50H35NO/c1-3-17-36(18-4-1)19-7-8-20-37-21-15-22-38(33-37)42-26-9-12-29-46(42)51(41-24-5-2-6-25-41)47-30-13-10-27-43(47)40-34-39-23-16-32-49-50(39)45(35-40)44-28-11-14-31-48(44)52-49/h1-35H/b19-7+,20-8-. The number of rotatable bonds is 8. The fourth-order valence-electron chi connectivity index (χ4n) is 7.26. The number of anilines is 3. The fraction of sp³-hybridized carbons (Fsp3) is 0. The molecule has 0 saturated heterocycles. The Labute approximate surface area is 304 Å². The van der Waals surface area contributed by atoms with Gasteiger partial charge >= 0.3 is 0 Å². The number of fused-ring (bicyclic) bond motifs is 2. The minimum atomic E-state index is 0.886. The van der Waals surface area contributed by atoms with Crippen molar-refractivity contribution >= 4 is 40.0 Å². The molecule has 0 spiro atoms. The molecule has 246 valence electrons. The number of benzene rings is 8. The summed E-state index contributed by atoms with van der Waals surface area (Å²) >= 11 is 0. The monoisotopic (exact) mass is 665 g/mol. The van der Waals surface area contributed by atoms with Crippen molar-refractivity contribution in [1.29, 1.82) is 0 Å². The molecule has 0 radical (unpaired) electrons. The van der Waals surface area contributed by atoms with Crippen LogP contribution in [0.4, 0.5) is 17.1 Å². The van der Waals surface area contributed by atoms with Crippen LogP contribution < -0.4 is 9.64 Å². The molecule has 0 atom stereocenters. The minimum Gasteiger partial charge on any atom is -0.456 e. The molecular weight excluding hydrogens is 631 g/mol. The zero-order valence-electron chi connectivity index (χ0n) is 28.6. The Kier molecular flexibility index (Phi) is 8.24. The Balaban J connectivity index is 1.17. The Morgan fingerprint density at radius 3 is 1.73 bits per heavy atom. The van der Waals surface area contributed by atoms with Gasteiger partial charge in [0.25, 0.3) is 0 Å². The predicted octanol–water partition coefficient (Wildman–Crippen LogP) is 14.1. The van der Waals surface area contributed by atoms with Crippen molar-refractivity contribution in [2.75, 3.05) is 4.90 Å². The first kappa shape index (κ1) is 31.1. The summed E-state index contributed by atoms with van der Waals surface area (Å²) in [5.74, 6) is 1.78. The predicted molar refractivity (Wildman–Crippen MR) is 220 cm³/mol. The lowest BCUT2D eigenvalue weighted by atomic mass is 9.90. The first-order valence-corrected chi connectivity index (χ1v) is 17.7. The average molecular weight is 666 g/mol. The summed E-state index contributed by atoms with van der Waals surface area (Å²) in [4.78, 5) is 2.40. The van der Waals surface area contributed by atoms with E-state index >= 15 is 0 Å². The second kappa shape index (κ2) is 13.8. The van der Waals surface area contributed by atoms with E-state index in [1.165, 1.54) is 11.1 Å². The number of nitrogens with zero attached hydrogens (tertiary/aromatic N) is 1. The maximum atomic E-state index is 6.37. The Hall–Kier alpha value is -6.90. The van der Waals surface area contributed by atoms with Gasteiger partial charge in [0.15, 0.2) is 0 Å². The molecule has 2 heteroatoms. The largest absolute Gasteiger partial charge is 0.456 e. The van der Waals surface area contributed by atoms with E-state index in [2.05, 4.69) is 205 Å². The molecule has 0 bridgehead atoms. The van der Waals surface area contributed by atoms with Gasteiger partial charge in [-0.15, -0.1) is 0 Å². The van der Waals surface area contributed by atoms with E-state index in [1.54, 1.807) is 0 Å². The molecule has 8 aromatic rings. The van der Waals surface area contributed by atoms with Crippen molar-refractivity contribution in [3.05, 3.63) is 211 Å². The summed E-state index contributed by atoms with van der Waals surface area (Å²) in [6.45, 7) is 0. The molecule has 0 saturated carbocycles. The molecule has 1 heterocycles. The number of hydrogen-bond acceptors (Lipinski definition) is 2. The molecule has 0 N–H and O–H groups in total. The van der Waals surface area contributed by atoms with Crippen molar-refractivity contribution in [2.24, 2.45) is 0 Å². The highest BCUT2D eigenvalue weighted by Gasteiger charge is 2.24. The summed E-state index contributed by atoms with van der Waals surface area (Å²) in [5, 5.41) is 2.31. The summed E-state index contributed by atoms with van der Waals surface area (Å²) < 4.78 is 6.37. The summed E-state index contributed by atoms with van der Waals surface area (Å²) in [6, 6.07) is 66.6. The molecular formula is C50H35NO. The van der Waals surface area contributed by atoms with Gasteiger partial charge in [0.2, 0.25) is 0 Å². The van der Waals surface area contributed by atoms with E-state index < -0.39 is 0 Å². The third-order valence-corrected chi connectivity index (χ3v) is 9.64. The third kappa shape index (κ3) is 5.97. The van der Waals surface area contributed by atoms with Gasteiger partial charge in [-0.05, 0) is 87.8 Å². The minimum absolute atomic E-state index is 0.886. The van der Waals surface area contributed by atoms with E-state index in [4.69, 9.17) is 4.74 Å².